The summed E-state index contributed by atoms with van der Waals surface area (Å²) in [5.74, 6) is -0.0380. The Morgan fingerprint density at radius 3 is 2.78 bits per heavy atom. The molecule has 0 aliphatic heterocycles. The van der Waals surface area contributed by atoms with Crippen molar-refractivity contribution in [3.8, 4) is 17.7 Å². The van der Waals surface area contributed by atoms with Gasteiger partial charge in [0.2, 0.25) is 5.88 Å². The fraction of sp³-hybridized carbons (Fsp3) is 0.250. The lowest BCUT2D eigenvalue weighted by atomic mass is 10.1. The Hall–Kier alpha value is -3.96. The van der Waals surface area contributed by atoms with E-state index >= 15 is 0 Å². The third-order valence-corrected chi connectivity index (χ3v) is 4.64. The van der Waals surface area contributed by atoms with E-state index in [1.54, 1.807) is 30.5 Å². The first kappa shape index (κ1) is 22.7. The molecule has 8 heteroatoms. The first-order chi connectivity index (χ1) is 15.5. The van der Waals surface area contributed by atoms with Crippen LogP contribution in [0.1, 0.15) is 24.5 Å². The summed E-state index contributed by atoms with van der Waals surface area (Å²) in [6, 6.07) is 14.3. The quantitative estimate of drug-likeness (QED) is 0.316. The molecule has 0 aliphatic rings. The molecule has 1 N–H and O–H groups in total. The molecule has 0 spiro atoms. The molecule has 3 rings (SSSR count). The van der Waals surface area contributed by atoms with E-state index in [2.05, 4.69) is 10.3 Å². The van der Waals surface area contributed by atoms with Crippen LogP contribution in [0.4, 0.5) is 0 Å². The molecule has 0 fully saturated rings. The zero-order valence-corrected chi connectivity index (χ0v) is 18.0. The van der Waals surface area contributed by atoms with Crippen LogP contribution in [-0.4, -0.2) is 35.1 Å². The number of carbonyl (C=O) groups is 1. The number of aromatic nitrogens is 2. The number of para-hydroxylation sites is 1. The second kappa shape index (κ2) is 10.9. The number of hydrogen-bond donors (Lipinski definition) is 1. The average Bonchev–Trinajstić information content (AvgIpc) is 2.80. The molecule has 0 bridgehead atoms. The van der Waals surface area contributed by atoms with E-state index in [4.69, 9.17) is 9.47 Å². The summed E-state index contributed by atoms with van der Waals surface area (Å²) in [6.07, 6.45) is 3.40. The summed E-state index contributed by atoms with van der Waals surface area (Å²) in [6.45, 7) is 5.21. The molecule has 164 valence electrons. The molecule has 2 heterocycles. The molecule has 32 heavy (non-hydrogen) atoms. The van der Waals surface area contributed by atoms with Gasteiger partial charge in [0, 0.05) is 26.0 Å². The number of nitrogens with zero attached hydrogens (tertiary/aromatic N) is 3. The highest BCUT2D eigenvalue weighted by molar-refractivity contribution is 6.01. The Morgan fingerprint density at radius 2 is 2.03 bits per heavy atom. The van der Waals surface area contributed by atoms with E-state index in [0.29, 0.717) is 37.6 Å². The van der Waals surface area contributed by atoms with Gasteiger partial charge in [0.25, 0.3) is 11.5 Å². The van der Waals surface area contributed by atoms with Crippen molar-refractivity contribution < 1.29 is 14.3 Å². The highest BCUT2D eigenvalue weighted by Crippen LogP contribution is 2.26. The van der Waals surface area contributed by atoms with Crippen LogP contribution < -0.4 is 15.6 Å². The van der Waals surface area contributed by atoms with Gasteiger partial charge in [-0.15, -0.1) is 0 Å². The Balaban J connectivity index is 2.00. The SMILES string of the molecule is CCOCCCNC(=O)/C(C#N)=C/c1c(Oc2ccccc2C)nc2ccccn2c1=O. The molecule has 0 saturated heterocycles. The molecule has 0 unspecified atom stereocenters. The van der Waals surface area contributed by atoms with Gasteiger partial charge in [0.1, 0.15) is 28.6 Å². The lowest BCUT2D eigenvalue weighted by Gasteiger charge is -2.12. The molecular weight excluding hydrogens is 408 g/mol. The van der Waals surface area contributed by atoms with E-state index in [1.165, 1.54) is 10.5 Å². The smallest absolute Gasteiger partial charge is 0.269 e. The van der Waals surface area contributed by atoms with Gasteiger partial charge in [-0.05, 0) is 50.1 Å². The van der Waals surface area contributed by atoms with Gasteiger partial charge in [0.05, 0.1) is 0 Å². The molecule has 0 aliphatic carbocycles. The standard InChI is InChI=1S/C24H24N4O4/c1-3-31-14-8-12-26-22(29)18(16-25)15-19-23(32-20-10-5-4-9-17(20)2)27-21-11-6-7-13-28(21)24(19)30/h4-7,9-11,13,15H,3,8,12,14H2,1-2H3,(H,26,29)/b18-15+. The minimum atomic E-state index is -0.580. The number of pyridine rings is 1. The van der Waals surface area contributed by atoms with Crippen LogP contribution in [-0.2, 0) is 9.53 Å². The van der Waals surface area contributed by atoms with Gasteiger partial charge in [-0.3, -0.25) is 14.0 Å². The number of benzene rings is 1. The Morgan fingerprint density at radius 1 is 1.25 bits per heavy atom. The maximum absolute atomic E-state index is 13.2. The normalized spacial score (nSPS) is 11.2. The topological polar surface area (TPSA) is 106 Å². The van der Waals surface area contributed by atoms with E-state index in [0.717, 1.165) is 5.56 Å². The summed E-state index contributed by atoms with van der Waals surface area (Å²) in [7, 11) is 0. The van der Waals surface area contributed by atoms with E-state index in [9.17, 15) is 14.9 Å². The molecule has 2 aromatic heterocycles. The highest BCUT2D eigenvalue weighted by atomic mass is 16.5. The van der Waals surface area contributed by atoms with Gasteiger partial charge in [-0.25, -0.2) is 0 Å². The molecular formula is C24H24N4O4. The Bertz CT molecular complexity index is 1240. The zero-order chi connectivity index (χ0) is 22.9. The summed E-state index contributed by atoms with van der Waals surface area (Å²) in [5, 5.41) is 12.2. The fourth-order valence-corrected chi connectivity index (χ4v) is 2.97. The van der Waals surface area contributed by atoms with Crippen LogP contribution in [0.15, 0.2) is 59.0 Å². The van der Waals surface area contributed by atoms with E-state index in [-0.39, 0.29) is 17.0 Å². The maximum Gasteiger partial charge on any atom is 0.269 e. The fourth-order valence-electron chi connectivity index (χ4n) is 2.97. The number of amides is 1. The van der Waals surface area contributed by atoms with Crippen molar-refractivity contribution in [2.75, 3.05) is 19.8 Å². The maximum atomic E-state index is 13.2. The van der Waals surface area contributed by atoms with Gasteiger partial charge in [0.15, 0.2) is 0 Å². The predicted molar refractivity (Wildman–Crippen MR) is 120 cm³/mol. The number of carbonyl (C=O) groups excluding carboxylic acids is 1. The third kappa shape index (κ3) is 5.39. The van der Waals surface area contributed by atoms with Crippen molar-refractivity contribution in [2.24, 2.45) is 0 Å². The molecule has 8 nitrogen and oxygen atoms in total. The van der Waals surface area contributed by atoms with Crippen LogP contribution in [0.25, 0.3) is 11.7 Å². The Labute approximate surface area is 185 Å². The number of aryl methyl sites for hydroxylation is 1. The summed E-state index contributed by atoms with van der Waals surface area (Å²) < 4.78 is 12.5. The zero-order valence-electron chi connectivity index (χ0n) is 18.0. The minimum absolute atomic E-state index is 0.0120. The first-order valence-corrected chi connectivity index (χ1v) is 10.3. The number of nitriles is 1. The molecule has 1 aromatic carbocycles. The van der Waals surface area contributed by atoms with Gasteiger partial charge in [-0.1, -0.05) is 24.3 Å². The van der Waals surface area contributed by atoms with Crippen LogP contribution in [0.5, 0.6) is 11.6 Å². The van der Waals surface area contributed by atoms with Crippen molar-refractivity contribution in [1.29, 1.82) is 5.26 Å². The first-order valence-electron chi connectivity index (χ1n) is 10.3. The molecule has 0 saturated carbocycles. The summed E-state index contributed by atoms with van der Waals surface area (Å²) in [5.41, 5.74) is 0.585. The van der Waals surface area contributed by atoms with Gasteiger partial charge >= 0.3 is 0 Å². The van der Waals surface area contributed by atoms with Crippen molar-refractivity contribution >= 4 is 17.6 Å². The van der Waals surface area contributed by atoms with Crippen molar-refractivity contribution in [3.05, 3.63) is 75.7 Å². The van der Waals surface area contributed by atoms with Crippen LogP contribution in [0, 0.1) is 18.3 Å². The average molecular weight is 432 g/mol. The van der Waals surface area contributed by atoms with Crippen LogP contribution in [0.2, 0.25) is 0 Å². The molecule has 1 amide bonds. The number of nitrogens with one attached hydrogen (secondary N) is 1. The predicted octanol–water partition coefficient (Wildman–Crippen LogP) is 3.25. The van der Waals surface area contributed by atoms with Gasteiger partial charge in [-0.2, -0.15) is 10.2 Å². The summed E-state index contributed by atoms with van der Waals surface area (Å²) >= 11 is 0. The second-order valence-corrected chi connectivity index (χ2v) is 6.91. The molecule has 0 radical (unpaired) electrons. The van der Waals surface area contributed by atoms with Crippen molar-refractivity contribution in [2.45, 2.75) is 20.3 Å². The molecule has 3 aromatic rings. The van der Waals surface area contributed by atoms with Gasteiger partial charge < -0.3 is 14.8 Å². The largest absolute Gasteiger partial charge is 0.438 e. The number of hydrogen-bond acceptors (Lipinski definition) is 6. The van der Waals surface area contributed by atoms with Crippen LogP contribution in [0.3, 0.4) is 0 Å². The van der Waals surface area contributed by atoms with Crippen molar-refractivity contribution in [1.82, 2.24) is 14.7 Å². The monoisotopic (exact) mass is 432 g/mol. The summed E-state index contributed by atoms with van der Waals surface area (Å²) in [4.78, 5) is 30.1. The lowest BCUT2D eigenvalue weighted by molar-refractivity contribution is -0.117. The number of fused-ring (bicyclic) bond motifs is 1. The second-order valence-electron chi connectivity index (χ2n) is 6.91. The third-order valence-electron chi connectivity index (χ3n) is 4.64. The highest BCUT2D eigenvalue weighted by Gasteiger charge is 2.17. The minimum Gasteiger partial charge on any atom is -0.438 e. The van der Waals surface area contributed by atoms with E-state index in [1.807, 2.05) is 38.1 Å². The lowest BCUT2D eigenvalue weighted by Crippen LogP contribution is -2.27. The number of rotatable bonds is 9. The van der Waals surface area contributed by atoms with E-state index < -0.39 is 11.5 Å². The van der Waals surface area contributed by atoms with Crippen molar-refractivity contribution in [3.63, 3.8) is 0 Å². The molecule has 0 atom stereocenters. The van der Waals surface area contributed by atoms with Crippen LogP contribution >= 0.6 is 0 Å². The Kier molecular flexibility index (Phi) is 7.73. The number of ether oxygens (including phenoxy) is 2.